The maximum atomic E-state index is 10.8. The van der Waals surface area contributed by atoms with E-state index >= 15 is 0 Å². The fourth-order valence-electron chi connectivity index (χ4n) is 4.61. The summed E-state index contributed by atoms with van der Waals surface area (Å²) in [6.07, 6.45) is -1.86. The lowest BCUT2D eigenvalue weighted by atomic mass is 9.77. The fraction of sp³-hybridized carbons (Fsp3) is 0.217. The summed E-state index contributed by atoms with van der Waals surface area (Å²) in [6, 6.07) is 16.6. The van der Waals surface area contributed by atoms with Crippen molar-refractivity contribution in [1.82, 2.24) is 0 Å². The minimum absolute atomic E-state index is 0.125. The summed E-state index contributed by atoms with van der Waals surface area (Å²) >= 11 is 7.07. The first-order valence-corrected chi connectivity index (χ1v) is 10.5. The van der Waals surface area contributed by atoms with Crippen LogP contribution in [0.1, 0.15) is 48.3 Å². The topological polar surface area (TPSA) is 40.5 Å². The second-order valence-corrected chi connectivity index (χ2v) is 9.75. The van der Waals surface area contributed by atoms with Crippen molar-refractivity contribution in [2.45, 2.75) is 31.5 Å². The van der Waals surface area contributed by atoms with Crippen molar-refractivity contribution in [2.75, 3.05) is 0 Å². The van der Waals surface area contributed by atoms with Gasteiger partial charge in [0.15, 0.2) is 0 Å². The summed E-state index contributed by atoms with van der Waals surface area (Å²) < 4.78 is 1.97. The third-order valence-electron chi connectivity index (χ3n) is 6.05. The highest BCUT2D eigenvalue weighted by Gasteiger charge is 2.39. The van der Waals surface area contributed by atoms with E-state index in [1.165, 1.54) is 16.7 Å². The second kappa shape index (κ2) is 5.77. The summed E-state index contributed by atoms with van der Waals surface area (Å²) in [4.78, 5) is 0. The van der Waals surface area contributed by atoms with Crippen LogP contribution in [-0.2, 0) is 5.41 Å². The normalized spacial score (nSPS) is 21.3. The molecular formula is C23H18Br2O2. The lowest BCUT2D eigenvalue weighted by molar-refractivity contribution is 0.0158. The van der Waals surface area contributed by atoms with Gasteiger partial charge in [-0.15, -0.1) is 0 Å². The van der Waals surface area contributed by atoms with Gasteiger partial charge in [0.05, 0.1) is 0 Å². The van der Waals surface area contributed by atoms with Crippen LogP contribution in [0.4, 0.5) is 0 Å². The second-order valence-electron chi connectivity index (χ2n) is 7.92. The molecule has 2 unspecified atom stereocenters. The van der Waals surface area contributed by atoms with E-state index in [2.05, 4.69) is 76.0 Å². The van der Waals surface area contributed by atoms with Crippen LogP contribution in [0.25, 0.3) is 22.3 Å². The zero-order valence-corrected chi connectivity index (χ0v) is 18.1. The summed E-state index contributed by atoms with van der Waals surface area (Å²) in [5.41, 5.74) is 8.31. The SMILES string of the molecule is CC1(C)c2cc(Br)ccc2-c2cc3c(cc21)-c1ccc(Br)cc1C(O)C3O. The van der Waals surface area contributed by atoms with Gasteiger partial charge >= 0.3 is 0 Å². The van der Waals surface area contributed by atoms with Gasteiger partial charge in [-0.1, -0.05) is 57.8 Å². The Hall–Kier alpha value is -1.46. The van der Waals surface area contributed by atoms with Gasteiger partial charge in [0.1, 0.15) is 12.2 Å². The van der Waals surface area contributed by atoms with Gasteiger partial charge in [-0.05, 0) is 80.9 Å². The van der Waals surface area contributed by atoms with Crippen LogP contribution >= 0.6 is 31.9 Å². The molecule has 4 heteroatoms. The monoisotopic (exact) mass is 484 g/mol. The molecule has 2 aliphatic rings. The molecule has 2 atom stereocenters. The molecule has 5 rings (SSSR count). The number of rotatable bonds is 0. The lowest BCUT2D eigenvalue weighted by Gasteiger charge is -2.31. The van der Waals surface area contributed by atoms with Crippen molar-refractivity contribution in [1.29, 1.82) is 0 Å². The van der Waals surface area contributed by atoms with E-state index in [4.69, 9.17) is 0 Å². The molecule has 3 aromatic rings. The number of benzene rings is 3. The van der Waals surface area contributed by atoms with Gasteiger partial charge in [0, 0.05) is 14.4 Å². The highest BCUT2D eigenvalue weighted by molar-refractivity contribution is 9.10. The van der Waals surface area contributed by atoms with Crippen LogP contribution in [0.3, 0.4) is 0 Å². The van der Waals surface area contributed by atoms with E-state index < -0.39 is 12.2 Å². The highest BCUT2D eigenvalue weighted by atomic mass is 79.9. The van der Waals surface area contributed by atoms with Crippen LogP contribution in [-0.4, -0.2) is 10.2 Å². The Kier molecular flexibility index (Phi) is 3.77. The number of hydrogen-bond acceptors (Lipinski definition) is 2. The average Bonchev–Trinajstić information content (AvgIpc) is 2.85. The highest BCUT2D eigenvalue weighted by Crippen LogP contribution is 2.54. The van der Waals surface area contributed by atoms with Crippen molar-refractivity contribution in [3.63, 3.8) is 0 Å². The molecule has 2 nitrogen and oxygen atoms in total. The lowest BCUT2D eigenvalue weighted by Crippen LogP contribution is -2.19. The quantitative estimate of drug-likeness (QED) is 0.394. The van der Waals surface area contributed by atoms with Crippen molar-refractivity contribution < 1.29 is 10.2 Å². The number of aliphatic hydroxyl groups is 2. The Morgan fingerprint density at radius 3 is 1.93 bits per heavy atom. The Morgan fingerprint density at radius 1 is 0.667 bits per heavy atom. The summed E-state index contributed by atoms with van der Waals surface area (Å²) in [5.74, 6) is 0. The molecule has 2 aliphatic carbocycles. The molecule has 0 bridgehead atoms. The molecule has 2 N–H and O–H groups in total. The van der Waals surface area contributed by atoms with Crippen LogP contribution in [0, 0.1) is 0 Å². The minimum Gasteiger partial charge on any atom is -0.385 e. The minimum atomic E-state index is -0.935. The van der Waals surface area contributed by atoms with Gasteiger partial charge in [-0.25, -0.2) is 0 Å². The van der Waals surface area contributed by atoms with Crippen molar-refractivity contribution in [2.24, 2.45) is 0 Å². The number of halogens is 2. The largest absolute Gasteiger partial charge is 0.385 e. The third-order valence-corrected chi connectivity index (χ3v) is 7.03. The standard InChI is InChI=1S/C23H18Br2O2/c1-23(2)19-8-12(25)4-6-14(19)16-9-18-15(10-20(16)23)13-5-3-11(24)7-17(13)21(26)22(18)27/h3-10,21-22,26-27H,1-2H3. The molecule has 0 saturated heterocycles. The fourth-order valence-corrected chi connectivity index (χ4v) is 5.35. The summed E-state index contributed by atoms with van der Waals surface area (Å²) in [6.45, 7) is 4.49. The molecule has 27 heavy (non-hydrogen) atoms. The van der Waals surface area contributed by atoms with E-state index in [0.717, 1.165) is 36.8 Å². The average molecular weight is 486 g/mol. The Balaban J connectivity index is 1.83. The van der Waals surface area contributed by atoms with Gasteiger partial charge in [-0.2, -0.15) is 0 Å². The van der Waals surface area contributed by atoms with Gasteiger partial charge in [-0.3, -0.25) is 0 Å². The van der Waals surface area contributed by atoms with E-state index in [-0.39, 0.29) is 5.41 Å². The third kappa shape index (κ3) is 2.37. The van der Waals surface area contributed by atoms with Gasteiger partial charge in [0.2, 0.25) is 0 Å². The number of fused-ring (bicyclic) bond motifs is 6. The summed E-state index contributed by atoms with van der Waals surface area (Å²) in [5, 5.41) is 21.6. The molecule has 0 saturated carbocycles. The number of aliphatic hydroxyl groups excluding tert-OH is 2. The first-order valence-electron chi connectivity index (χ1n) is 8.94. The van der Waals surface area contributed by atoms with Gasteiger partial charge < -0.3 is 10.2 Å². The van der Waals surface area contributed by atoms with E-state index in [9.17, 15) is 10.2 Å². The molecule has 136 valence electrons. The molecule has 0 spiro atoms. The predicted octanol–water partition coefficient (Wildman–Crippen LogP) is 6.27. The van der Waals surface area contributed by atoms with E-state index in [1.807, 2.05) is 18.2 Å². The maximum Gasteiger partial charge on any atom is 0.110 e. The summed E-state index contributed by atoms with van der Waals surface area (Å²) in [7, 11) is 0. The zero-order chi connectivity index (χ0) is 19.1. The van der Waals surface area contributed by atoms with Crippen LogP contribution < -0.4 is 0 Å². The molecule has 0 radical (unpaired) electrons. The molecule has 0 aromatic heterocycles. The van der Waals surface area contributed by atoms with Crippen molar-refractivity contribution in [3.8, 4) is 22.3 Å². The smallest absolute Gasteiger partial charge is 0.110 e. The van der Waals surface area contributed by atoms with E-state index in [1.54, 1.807) is 0 Å². The first-order chi connectivity index (χ1) is 12.8. The molecule has 0 fully saturated rings. The molecule has 0 aliphatic heterocycles. The van der Waals surface area contributed by atoms with E-state index in [0.29, 0.717) is 0 Å². The predicted molar refractivity (Wildman–Crippen MR) is 115 cm³/mol. The van der Waals surface area contributed by atoms with Crippen molar-refractivity contribution >= 4 is 31.9 Å². The molecular weight excluding hydrogens is 468 g/mol. The van der Waals surface area contributed by atoms with Crippen LogP contribution in [0.5, 0.6) is 0 Å². The van der Waals surface area contributed by atoms with Gasteiger partial charge in [0.25, 0.3) is 0 Å². The maximum absolute atomic E-state index is 10.8. The molecule has 3 aromatic carbocycles. The molecule has 0 amide bonds. The number of hydrogen-bond donors (Lipinski definition) is 2. The van der Waals surface area contributed by atoms with Crippen LogP contribution in [0.2, 0.25) is 0 Å². The molecule has 0 heterocycles. The van der Waals surface area contributed by atoms with Crippen LogP contribution in [0.15, 0.2) is 57.5 Å². The Morgan fingerprint density at radius 2 is 1.22 bits per heavy atom. The Labute approximate surface area is 175 Å². The Bertz CT molecular complexity index is 1120. The first kappa shape index (κ1) is 17.6. The zero-order valence-electron chi connectivity index (χ0n) is 14.9. The van der Waals surface area contributed by atoms with Crippen molar-refractivity contribution in [3.05, 3.63) is 79.7 Å².